The van der Waals surface area contributed by atoms with Crippen molar-refractivity contribution in [1.82, 2.24) is 4.90 Å². The second kappa shape index (κ2) is 6.50. The fourth-order valence-corrected chi connectivity index (χ4v) is 3.16. The van der Waals surface area contributed by atoms with E-state index in [-0.39, 0.29) is 6.03 Å². The first kappa shape index (κ1) is 14.5. The van der Waals surface area contributed by atoms with Gasteiger partial charge < -0.3 is 15.3 Å². The number of urea groups is 1. The van der Waals surface area contributed by atoms with E-state index in [1.54, 1.807) is 11.0 Å². The molecule has 1 aromatic carbocycles. The highest BCUT2D eigenvalue weighted by atomic mass is 35.5. The van der Waals surface area contributed by atoms with E-state index in [9.17, 15) is 9.90 Å². The number of β-amino-alcohol motifs (C(OH)–C–C–N with tert-alkyl or cyclic N) is 1. The minimum Gasteiger partial charge on any atom is -0.391 e. The van der Waals surface area contributed by atoms with Gasteiger partial charge in [-0.1, -0.05) is 17.7 Å². The SMILES string of the molecule is CSc1c(Cl)cccc1NC(=O)N1CCCC(O)C1. The number of rotatable bonds is 2. The van der Waals surface area contributed by atoms with Crippen molar-refractivity contribution in [2.24, 2.45) is 0 Å². The topological polar surface area (TPSA) is 52.6 Å². The van der Waals surface area contributed by atoms with Crippen LogP contribution in [0.4, 0.5) is 10.5 Å². The summed E-state index contributed by atoms with van der Waals surface area (Å²) >= 11 is 7.59. The minimum absolute atomic E-state index is 0.184. The molecule has 1 aromatic rings. The highest BCUT2D eigenvalue weighted by Crippen LogP contribution is 2.32. The standard InChI is InChI=1S/C13H17ClN2O2S/c1-19-12-10(14)5-2-6-11(12)15-13(18)16-7-3-4-9(17)8-16/h2,5-6,9,17H,3-4,7-8H2,1H3,(H,15,18). The van der Waals surface area contributed by atoms with Crippen LogP contribution in [0.25, 0.3) is 0 Å². The van der Waals surface area contributed by atoms with Gasteiger partial charge in [0.25, 0.3) is 0 Å². The van der Waals surface area contributed by atoms with Gasteiger partial charge in [0, 0.05) is 18.0 Å². The Kier molecular flexibility index (Phi) is 4.96. The van der Waals surface area contributed by atoms with E-state index in [0.717, 1.165) is 17.7 Å². The maximum atomic E-state index is 12.1. The van der Waals surface area contributed by atoms with Gasteiger partial charge in [0.1, 0.15) is 0 Å². The summed E-state index contributed by atoms with van der Waals surface area (Å²) < 4.78 is 0. The van der Waals surface area contributed by atoms with Gasteiger partial charge in [-0.3, -0.25) is 0 Å². The van der Waals surface area contributed by atoms with Crippen molar-refractivity contribution in [2.45, 2.75) is 23.8 Å². The van der Waals surface area contributed by atoms with Crippen LogP contribution in [-0.2, 0) is 0 Å². The summed E-state index contributed by atoms with van der Waals surface area (Å²) in [6.07, 6.45) is 3.09. The van der Waals surface area contributed by atoms with E-state index in [0.29, 0.717) is 23.8 Å². The molecule has 1 aliphatic rings. The Bertz CT molecular complexity index is 470. The molecule has 1 saturated heterocycles. The second-order valence-corrected chi connectivity index (χ2v) is 5.72. The largest absolute Gasteiger partial charge is 0.391 e. The third-order valence-corrected chi connectivity index (χ3v) is 4.37. The lowest BCUT2D eigenvalue weighted by Gasteiger charge is -2.30. The quantitative estimate of drug-likeness (QED) is 0.825. The van der Waals surface area contributed by atoms with E-state index < -0.39 is 6.10 Å². The molecule has 19 heavy (non-hydrogen) atoms. The zero-order valence-electron chi connectivity index (χ0n) is 10.7. The number of carbonyl (C=O) groups excluding carboxylic acids is 1. The Morgan fingerprint density at radius 2 is 2.37 bits per heavy atom. The monoisotopic (exact) mass is 300 g/mol. The smallest absolute Gasteiger partial charge is 0.321 e. The van der Waals surface area contributed by atoms with Gasteiger partial charge in [0.05, 0.1) is 16.8 Å². The first-order valence-electron chi connectivity index (χ1n) is 6.18. The highest BCUT2D eigenvalue weighted by Gasteiger charge is 2.22. The number of likely N-dealkylation sites (tertiary alicyclic amines) is 1. The predicted molar refractivity (Wildman–Crippen MR) is 79.1 cm³/mol. The van der Waals surface area contributed by atoms with Crippen LogP contribution in [0.15, 0.2) is 23.1 Å². The van der Waals surface area contributed by atoms with E-state index in [1.807, 2.05) is 18.4 Å². The first-order valence-corrected chi connectivity index (χ1v) is 7.78. The zero-order valence-corrected chi connectivity index (χ0v) is 12.3. The van der Waals surface area contributed by atoms with Gasteiger partial charge in [-0.25, -0.2) is 4.79 Å². The van der Waals surface area contributed by atoms with Gasteiger partial charge >= 0.3 is 6.03 Å². The lowest BCUT2D eigenvalue weighted by atomic mass is 10.1. The molecule has 0 aliphatic carbocycles. The lowest BCUT2D eigenvalue weighted by molar-refractivity contribution is 0.0883. The van der Waals surface area contributed by atoms with Crippen LogP contribution in [0.5, 0.6) is 0 Å². The summed E-state index contributed by atoms with van der Waals surface area (Å²) in [5.74, 6) is 0. The molecule has 1 atom stereocenters. The third kappa shape index (κ3) is 3.55. The van der Waals surface area contributed by atoms with Crippen LogP contribution in [-0.4, -0.2) is 41.5 Å². The maximum Gasteiger partial charge on any atom is 0.321 e. The fourth-order valence-electron chi connectivity index (χ4n) is 2.15. The molecule has 104 valence electrons. The van der Waals surface area contributed by atoms with Crippen molar-refractivity contribution in [3.05, 3.63) is 23.2 Å². The van der Waals surface area contributed by atoms with Gasteiger partial charge in [-0.05, 0) is 31.2 Å². The highest BCUT2D eigenvalue weighted by molar-refractivity contribution is 7.98. The van der Waals surface area contributed by atoms with Crippen molar-refractivity contribution in [1.29, 1.82) is 0 Å². The average Bonchev–Trinajstić information content (AvgIpc) is 2.39. The van der Waals surface area contributed by atoms with Crippen molar-refractivity contribution in [3.63, 3.8) is 0 Å². The van der Waals surface area contributed by atoms with E-state index in [2.05, 4.69) is 5.32 Å². The molecular formula is C13H17ClN2O2S. The average molecular weight is 301 g/mol. The maximum absolute atomic E-state index is 12.1. The normalized spacial score (nSPS) is 19.3. The summed E-state index contributed by atoms with van der Waals surface area (Å²) in [4.78, 5) is 14.6. The third-order valence-electron chi connectivity index (χ3n) is 3.10. The molecule has 1 aliphatic heterocycles. The number of piperidine rings is 1. The molecule has 4 nitrogen and oxygen atoms in total. The van der Waals surface area contributed by atoms with Crippen LogP contribution >= 0.6 is 23.4 Å². The number of thioether (sulfide) groups is 1. The lowest BCUT2D eigenvalue weighted by Crippen LogP contribution is -2.44. The summed E-state index contributed by atoms with van der Waals surface area (Å²) in [6.45, 7) is 1.07. The molecule has 0 spiro atoms. The molecular weight excluding hydrogens is 284 g/mol. The molecule has 6 heteroatoms. The Morgan fingerprint density at radius 3 is 3.05 bits per heavy atom. The summed E-state index contributed by atoms with van der Waals surface area (Å²) in [5, 5.41) is 13.1. The number of carbonyl (C=O) groups is 1. The number of aliphatic hydroxyl groups is 1. The zero-order chi connectivity index (χ0) is 13.8. The van der Waals surface area contributed by atoms with Gasteiger partial charge in [0.15, 0.2) is 0 Å². The second-order valence-electron chi connectivity index (χ2n) is 4.49. The Hall–Kier alpha value is -0.910. The molecule has 2 rings (SSSR count). The summed E-state index contributed by atoms with van der Waals surface area (Å²) in [6, 6.07) is 5.25. The number of nitrogens with one attached hydrogen (secondary N) is 1. The van der Waals surface area contributed by atoms with Gasteiger partial charge in [0.2, 0.25) is 0 Å². The van der Waals surface area contributed by atoms with Gasteiger partial charge in [-0.15, -0.1) is 11.8 Å². The number of nitrogens with zero attached hydrogens (tertiary/aromatic N) is 1. The molecule has 0 saturated carbocycles. The van der Waals surface area contributed by atoms with Crippen LogP contribution < -0.4 is 5.32 Å². The number of hydrogen-bond acceptors (Lipinski definition) is 3. The van der Waals surface area contributed by atoms with Crippen molar-refractivity contribution in [3.8, 4) is 0 Å². The molecule has 1 heterocycles. The summed E-state index contributed by atoms with van der Waals surface area (Å²) in [7, 11) is 0. The number of amides is 2. The van der Waals surface area contributed by atoms with E-state index in [1.165, 1.54) is 11.8 Å². The minimum atomic E-state index is -0.418. The van der Waals surface area contributed by atoms with Crippen molar-refractivity contribution < 1.29 is 9.90 Å². The first-order chi connectivity index (χ1) is 9.11. The summed E-state index contributed by atoms with van der Waals surface area (Å²) in [5.41, 5.74) is 0.713. The van der Waals surface area contributed by atoms with Crippen LogP contribution in [0, 0.1) is 0 Å². The van der Waals surface area contributed by atoms with E-state index in [4.69, 9.17) is 11.6 Å². The van der Waals surface area contributed by atoms with Crippen LogP contribution in [0.1, 0.15) is 12.8 Å². The molecule has 1 unspecified atom stereocenters. The van der Waals surface area contributed by atoms with E-state index >= 15 is 0 Å². The Labute approximate surface area is 122 Å². The van der Waals surface area contributed by atoms with Crippen molar-refractivity contribution in [2.75, 3.05) is 24.7 Å². The number of aliphatic hydroxyl groups excluding tert-OH is 1. The molecule has 1 fully saturated rings. The number of hydrogen-bond donors (Lipinski definition) is 2. The Morgan fingerprint density at radius 1 is 1.58 bits per heavy atom. The Balaban J connectivity index is 2.08. The molecule has 0 aromatic heterocycles. The predicted octanol–water partition coefficient (Wildman–Crippen LogP) is 3.05. The molecule has 0 radical (unpaired) electrons. The number of halogens is 1. The van der Waals surface area contributed by atoms with Gasteiger partial charge in [-0.2, -0.15) is 0 Å². The molecule has 2 N–H and O–H groups in total. The molecule has 2 amide bonds. The number of benzene rings is 1. The van der Waals surface area contributed by atoms with Crippen LogP contribution in [0.2, 0.25) is 5.02 Å². The number of anilines is 1. The molecule has 0 bridgehead atoms. The van der Waals surface area contributed by atoms with Crippen molar-refractivity contribution >= 4 is 35.1 Å². The fraction of sp³-hybridized carbons (Fsp3) is 0.462. The van der Waals surface area contributed by atoms with Crippen LogP contribution in [0.3, 0.4) is 0 Å².